The van der Waals surface area contributed by atoms with E-state index < -0.39 is 23.4 Å². The molecule has 3 N–H and O–H groups in total. The third-order valence-electron chi connectivity index (χ3n) is 9.44. The Kier molecular flexibility index (Phi) is 3.95. The second-order valence-corrected chi connectivity index (χ2v) is 10.2. The molecule has 5 aliphatic rings. The Morgan fingerprint density at radius 3 is 2.71 bits per heavy atom. The van der Waals surface area contributed by atoms with Crippen LogP contribution in [0.15, 0.2) is 11.1 Å². The molecular weight excluding hydrogens is 358 g/mol. The van der Waals surface area contributed by atoms with Crippen LogP contribution in [0, 0.1) is 34.5 Å². The molecule has 1 spiro atoms. The van der Waals surface area contributed by atoms with Crippen LogP contribution < -0.4 is 0 Å². The van der Waals surface area contributed by atoms with Crippen molar-refractivity contribution in [1.29, 1.82) is 0 Å². The second-order valence-electron chi connectivity index (χ2n) is 10.2. The fourth-order valence-electron chi connectivity index (χ4n) is 8.32. The monoisotopic (exact) mass is 389 g/mol. The number of nitrogens with zero attached hydrogens (tertiary/aromatic N) is 1. The van der Waals surface area contributed by atoms with Gasteiger partial charge in [0.05, 0.1) is 6.10 Å². The highest BCUT2D eigenvalue weighted by molar-refractivity contribution is 5.97. The summed E-state index contributed by atoms with van der Waals surface area (Å²) in [4.78, 5) is 28.9. The van der Waals surface area contributed by atoms with Crippen molar-refractivity contribution in [2.75, 3.05) is 19.7 Å². The standard InChI is InChI=1S/C22H31NO5/c1-11-9-23-10-12-3-4-16(25)18-13(5-6-24)15(20(27)28)8-22(18)19(26)14(11)7-17(23)21(12,22)2/h11-12,14,16-18,24-25H,3-10H2,1-2H3,(H,27,28)/t11-,12-,14+,16+,17-,18+,21-,22+/m1/s1. The van der Waals surface area contributed by atoms with Gasteiger partial charge in [0.15, 0.2) is 0 Å². The molecule has 0 aromatic rings. The van der Waals surface area contributed by atoms with E-state index >= 15 is 0 Å². The van der Waals surface area contributed by atoms with E-state index in [4.69, 9.17) is 0 Å². The number of fused-ring (bicyclic) bond motifs is 1. The molecule has 5 rings (SSSR count). The quantitative estimate of drug-likeness (QED) is 0.676. The van der Waals surface area contributed by atoms with E-state index in [-0.39, 0.29) is 54.1 Å². The van der Waals surface area contributed by atoms with Gasteiger partial charge in [0, 0.05) is 54.0 Å². The Balaban J connectivity index is 1.76. The minimum absolute atomic E-state index is 0.0515. The number of carboxylic acid groups (broad SMARTS) is 1. The number of ketones is 1. The summed E-state index contributed by atoms with van der Waals surface area (Å²) in [5.74, 6) is -0.756. The highest BCUT2D eigenvalue weighted by Crippen LogP contribution is 2.72. The van der Waals surface area contributed by atoms with Crippen molar-refractivity contribution >= 4 is 11.8 Å². The average molecular weight is 389 g/mol. The number of carbonyl (C=O) groups is 2. The molecular formula is C22H31NO5. The predicted molar refractivity (Wildman–Crippen MR) is 101 cm³/mol. The number of piperidine rings is 1. The fourth-order valence-corrected chi connectivity index (χ4v) is 8.32. The normalized spacial score (nSPS) is 49.9. The van der Waals surface area contributed by atoms with Crippen LogP contribution in [0.1, 0.15) is 46.0 Å². The van der Waals surface area contributed by atoms with Crippen molar-refractivity contribution in [2.24, 2.45) is 34.5 Å². The van der Waals surface area contributed by atoms with Crippen LogP contribution in [0.4, 0.5) is 0 Å². The van der Waals surface area contributed by atoms with Crippen molar-refractivity contribution in [3.05, 3.63) is 11.1 Å². The van der Waals surface area contributed by atoms with Crippen LogP contribution in [0.5, 0.6) is 0 Å². The molecule has 4 fully saturated rings. The minimum Gasteiger partial charge on any atom is -0.478 e. The number of carboxylic acids is 1. The Morgan fingerprint density at radius 1 is 1.29 bits per heavy atom. The van der Waals surface area contributed by atoms with E-state index in [0.717, 1.165) is 25.9 Å². The van der Waals surface area contributed by atoms with E-state index in [1.807, 2.05) is 0 Å². The first-order chi connectivity index (χ1) is 13.3. The number of aliphatic hydroxyl groups is 2. The first-order valence-electron chi connectivity index (χ1n) is 10.8. The summed E-state index contributed by atoms with van der Waals surface area (Å²) < 4.78 is 0. The fraction of sp³-hybridized carbons (Fsp3) is 0.818. The third kappa shape index (κ3) is 1.95. The van der Waals surface area contributed by atoms with Crippen LogP contribution in [-0.2, 0) is 9.59 Å². The number of carbonyl (C=O) groups excluding carboxylic acids is 1. The molecule has 6 heteroatoms. The topological polar surface area (TPSA) is 98.1 Å². The lowest BCUT2D eigenvalue weighted by Gasteiger charge is -2.60. The van der Waals surface area contributed by atoms with Gasteiger partial charge in [0.25, 0.3) is 0 Å². The lowest BCUT2D eigenvalue weighted by atomic mass is 9.44. The molecule has 0 radical (unpaired) electrons. The molecule has 2 saturated heterocycles. The van der Waals surface area contributed by atoms with Crippen molar-refractivity contribution in [3.8, 4) is 0 Å². The van der Waals surface area contributed by atoms with E-state index in [2.05, 4.69) is 18.7 Å². The van der Waals surface area contributed by atoms with Gasteiger partial charge in [0.1, 0.15) is 5.78 Å². The van der Waals surface area contributed by atoms with Gasteiger partial charge < -0.3 is 15.3 Å². The van der Waals surface area contributed by atoms with Crippen LogP contribution in [0.3, 0.4) is 0 Å². The number of hydrogen-bond acceptors (Lipinski definition) is 5. The Hall–Kier alpha value is -1.24. The van der Waals surface area contributed by atoms with Gasteiger partial charge in [-0.25, -0.2) is 4.79 Å². The first kappa shape index (κ1) is 18.8. The van der Waals surface area contributed by atoms with E-state index in [0.29, 0.717) is 17.9 Å². The van der Waals surface area contributed by atoms with E-state index in [9.17, 15) is 24.9 Å². The van der Waals surface area contributed by atoms with Crippen LogP contribution >= 0.6 is 0 Å². The van der Waals surface area contributed by atoms with Crippen molar-refractivity contribution in [2.45, 2.75) is 58.1 Å². The maximum absolute atomic E-state index is 14.2. The maximum Gasteiger partial charge on any atom is 0.331 e. The summed E-state index contributed by atoms with van der Waals surface area (Å²) in [6, 6.07) is 0.285. The number of aliphatic carboxylic acids is 1. The molecule has 0 aromatic heterocycles. The van der Waals surface area contributed by atoms with Gasteiger partial charge in [-0.1, -0.05) is 19.4 Å². The summed E-state index contributed by atoms with van der Waals surface area (Å²) in [5, 5.41) is 30.8. The zero-order valence-electron chi connectivity index (χ0n) is 16.7. The Labute approximate surface area is 165 Å². The molecule has 0 unspecified atom stereocenters. The molecule has 154 valence electrons. The number of hydrogen-bond donors (Lipinski definition) is 3. The first-order valence-corrected chi connectivity index (χ1v) is 10.8. The molecule has 8 atom stereocenters. The van der Waals surface area contributed by atoms with Gasteiger partial charge >= 0.3 is 5.97 Å². The number of rotatable bonds is 3. The van der Waals surface area contributed by atoms with Gasteiger partial charge in [-0.2, -0.15) is 0 Å². The molecule has 0 aromatic carbocycles. The van der Waals surface area contributed by atoms with Crippen LogP contribution in [0.25, 0.3) is 0 Å². The Bertz CT molecular complexity index is 777. The number of aliphatic hydroxyl groups excluding tert-OH is 2. The molecule has 2 heterocycles. The lowest BCUT2D eigenvalue weighted by Crippen LogP contribution is -2.67. The number of Topliss-reactive ketones (excluding diaryl/α,β-unsaturated/α-hetero) is 1. The lowest BCUT2D eigenvalue weighted by molar-refractivity contribution is -0.171. The highest BCUT2D eigenvalue weighted by atomic mass is 16.4. The average Bonchev–Trinajstić information content (AvgIpc) is 3.10. The summed E-state index contributed by atoms with van der Waals surface area (Å²) in [7, 11) is 0. The highest BCUT2D eigenvalue weighted by Gasteiger charge is 2.75. The SMILES string of the molecule is C[C@@H]1CN2C[C@H]3CC[C@H](O)[C@@H]4C(CCO)=C(C(=O)O)C[C@@]45C(=O)[C@H]1C[C@@H]2[C@@]35C. The smallest absolute Gasteiger partial charge is 0.331 e. The summed E-state index contributed by atoms with van der Waals surface area (Å²) in [6.07, 6.45) is 2.08. The van der Waals surface area contributed by atoms with Crippen LogP contribution in [-0.4, -0.2) is 63.8 Å². The van der Waals surface area contributed by atoms with Crippen LogP contribution in [0.2, 0.25) is 0 Å². The molecule has 3 aliphatic carbocycles. The van der Waals surface area contributed by atoms with Crippen molar-refractivity contribution in [3.63, 3.8) is 0 Å². The van der Waals surface area contributed by atoms with Gasteiger partial charge in [-0.05, 0) is 43.9 Å². The maximum atomic E-state index is 14.2. The second kappa shape index (κ2) is 5.89. The molecule has 6 nitrogen and oxygen atoms in total. The van der Waals surface area contributed by atoms with Crippen molar-refractivity contribution in [1.82, 2.24) is 4.90 Å². The predicted octanol–water partition coefficient (Wildman–Crippen LogP) is 1.46. The third-order valence-corrected chi connectivity index (χ3v) is 9.44. The zero-order chi connectivity index (χ0) is 20.0. The van der Waals surface area contributed by atoms with Crippen molar-refractivity contribution < 1.29 is 24.9 Å². The summed E-state index contributed by atoms with van der Waals surface area (Å²) >= 11 is 0. The summed E-state index contributed by atoms with van der Waals surface area (Å²) in [6.45, 7) is 6.10. The van der Waals surface area contributed by atoms with E-state index in [1.165, 1.54) is 0 Å². The zero-order valence-corrected chi connectivity index (χ0v) is 16.7. The molecule has 2 bridgehead atoms. The molecule has 2 saturated carbocycles. The Morgan fingerprint density at radius 2 is 2.04 bits per heavy atom. The van der Waals surface area contributed by atoms with E-state index in [1.54, 1.807) is 0 Å². The molecule has 0 amide bonds. The largest absolute Gasteiger partial charge is 0.478 e. The molecule has 28 heavy (non-hydrogen) atoms. The summed E-state index contributed by atoms with van der Waals surface area (Å²) in [5.41, 5.74) is -0.257. The minimum atomic E-state index is -0.996. The molecule has 2 aliphatic heterocycles. The van der Waals surface area contributed by atoms with Gasteiger partial charge in [-0.3, -0.25) is 9.69 Å². The van der Waals surface area contributed by atoms with Gasteiger partial charge in [-0.15, -0.1) is 0 Å². The van der Waals surface area contributed by atoms with Gasteiger partial charge in [0.2, 0.25) is 0 Å².